The van der Waals surface area contributed by atoms with Crippen LogP contribution in [0.15, 0.2) is 72.4 Å². The molecule has 2 saturated carbocycles. The first-order valence-electron chi connectivity index (χ1n) is 12.9. The molecule has 0 radical (unpaired) electrons. The second kappa shape index (κ2) is 10.9. The Morgan fingerprint density at radius 3 is 2.66 bits per heavy atom. The van der Waals surface area contributed by atoms with Gasteiger partial charge < -0.3 is 10.1 Å². The minimum atomic E-state index is -0.455. The standard InChI is InChI=1S/C29H35N3O2S/c1-22-18-26(34-28(33)29(27-12-9-17-35-27)14-7-2-3-8-15-29)25(22)13-16-30-19-23-20-31-32(21-23)24-10-5-4-6-11-24/h4-6,9-12,17,20-21,25-26,30H,1-3,7-8,13-16,18-19H2. The largest absolute Gasteiger partial charge is 0.461 e. The van der Waals surface area contributed by atoms with Gasteiger partial charge in [0, 0.05) is 35.5 Å². The van der Waals surface area contributed by atoms with Gasteiger partial charge in [-0.15, -0.1) is 11.3 Å². The predicted octanol–water partition coefficient (Wildman–Crippen LogP) is 6.19. The number of carbonyl (C=O) groups is 1. The number of para-hydroxylation sites is 1. The molecule has 0 bridgehead atoms. The number of thiophene rings is 1. The average molecular weight is 490 g/mol. The third kappa shape index (κ3) is 5.29. The Balaban J connectivity index is 1.14. The monoisotopic (exact) mass is 489 g/mol. The lowest BCUT2D eigenvalue weighted by Gasteiger charge is -2.41. The van der Waals surface area contributed by atoms with Gasteiger partial charge in [-0.3, -0.25) is 4.79 Å². The Morgan fingerprint density at radius 2 is 1.94 bits per heavy atom. The molecule has 184 valence electrons. The van der Waals surface area contributed by atoms with E-state index in [0.29, 0.717) is 0 Å². The van der Waals surface area contributed by atoms with Crippen LogP contribution in [0.1, 0.15) is 61.8 Å². The van der Waals surface area contributed by atoms with Crippen LogP contribution < -0.4 is 5.32 Å². The predicted molar refractivity (Wildman–Crippen MR) is 141 cm³/mol. The van der Waals surface area contributed by atoms with E-state index < -0.39 is 5.41 Å². The molecule has 5 nitrogen and oxygen atoms in total. The van der Waals surface area contributed by atoms with Gasteiger partial charge >= 0.3 is 5.97 Å². The molecule has 2 fully saturated rings. The lowest BCUT2D eigenvalue weighted by atomic mass is 9.74. The molecule has 35 heavy (non-hydrogen) atoms. The van der Waals surface area contributed by atoms with Crippen molar-refractivity contribution >= 4 is 17.3 Å². The number of nitrogens with zero attached hydrogens (tertiary/aromatic N) is 2. The fraction of sp³-hybridized carbons (Fsp3) is 0.448. The maximum Gasteiger partial charge on any atom is 0.317 e. The van der Waals surface area contributed by atoms with E-state index in [0.717, 1.165) is 62.9 Å². The van der Waals surface area contributed by atoms with Gasteiger partial charge in [-0.25, -0.2) is 4.68 Å². The van der Waals surface area contributed by atoms with Crippen LogP contribution in [0.25, 0.3) is 5.69 Å². The third-order valence-corrected chi connectivity index (χ3v) is 8.73. The molecule has 2 aliphatic carbocycles. The maximum absolute atomic E-state index is 13.6. The lowest BCUT2D eigenvalue weighted by molar-refractivity contribution is -0.162. The molecular weight excluding hydrogens is 454 g/mol. The molecule has 3 aromatic rings. The second-order valence-electron chi connectivity index (χ2n) is 9.98. The minimum Gasteiger partial charge on any atom is -0.461 e. The highest BCUT2D eigenvalue weighted by atomic mass is 32.1. The lowest BCUT2D eigenvalue weighted by Crippen LogP contribution is -2.45. The summed E-state index contributed by atoms with van der Waals surface area (Å²) in [6.45, 7) is 5.85. The minimum absolute atomic E-state index is 0.00867. The third-order valence-electron chi connectivity index (χ3n) is 7.65. The molecule has 2 atom stereocenters. The van der Waals surface area contributed by atoms with Gasteiger partial charge in [0.15, 0.2) is 0 Å². The van der Waals surface area contributed by atoms with Crippen molar-refractivity contribution in [3.05, 3.63) is 82.8 Å². The molecule has 5 rings (SSSR count). The summed E-state index contributed by atoms with van der Waals surface area (Å²) in [6.07, 6.45) is 12.1. The van der Waals surface area contributed by atoms with Crippen LogP contribution in [0.2, 0.25) is 0 Å². The molecule has 0 aliphatic heterocycles. The van der Waals surface area contributed by atoms with Crippen LogP contribution in [-0.2, 0) is 21.5 Å². The highest BCUT2D eigenvalue weighted by Crippen LogP contribution is 2.44. The number of esters is 1. The summed E-state index contributed by atoms with van der Waals surface area (Å²) in [5, 5.41) is 10.1. The topological polar surface area (TPSA) is 56.1 Å². The van der Waals surface area contributed by atoms with Crippen LogP contribution >= 0.6 is 11.3 Å². The van der Waals surface area contributed by atoms with E-state index in [2.05, 4.69) is 40.7 Å². The molecule has 0 amide bonds. The zero-order valence-electron chi connectivity index (χ0n) is 20.3. The van der Waals surface area contributed by atoms with Gasteiger partial charge in [-0.1, -0.05) is 62.1 Å². The van der Waals surface area contributed by atoms with Crippen molar-refractivity contribution in [3.8, 4) is 5.69 Å². The van der Waals surface area contributed by atoms with Gasteiger partial charge in [-0.2, -0.15) is 5.10 Å². The molecule has 2 aliphatic rings. The van der Waals surface area contributed by atoms with E-state index in [4.69, 9.17) is 4.74 Å². The van der Waals surface area contributed by atoms with Crippen molar-refractivity contribution in [2.75, 3.05) is 6.54 Å². The van der Waals surface area contributed by atoms with Crippen LogP contribution in [0.5, 0.6) is 0 Å². The summed E-state index contributed by atoms with van der Waals surface area (Å²) in [6, 6.07) is 14.3. The molecular formula is C29H35N3O2S. The summed E-state index contributed by atoms with van der Waals surface area (Å²) in [5.74, 6) is 0.232. The number of hydrogen-bond donors (Lipinski definition) is 1. The molecule has 1 aromatic carbocycles. The SMILES string of the molecule is C=C1CC(OC(=O)C2(c3cccs3)CCCCCC2)C1CCNCc1cnn(-c2ccccc2)c1. The average Bonchev–Trinajstić information content (AvgIpc) is 3.53. The number of aromatic nitrogens is 2. The quantitative estimate of drug-likeness (QED) is 0.168. The summed E-state index contributed by atoms with van der Waals surface area (Å²) < 4.78 is 8.13. The zero-order valence-corrected chi connectivity index (χ0v) is 21.1. The van der Waals surface area contributed by atoms with E-state index in [1.54, 1.807) is 11.3 Å². The van der Waals surface area contributed by atoms with E-state index in [-0.39, 0.29) is 18.0 Å². The van der Waals surface area contributed by atoms with Gasteiger partial charge in [0.2, 0.25) is 0 Å². The van der Waals surface area contributed by atoms with Crippen LogP contribution in [0, 0.1) is 5.92 Å². The zero-order chi connectivity index (χ0) is 24.1. The summed E-state index contributed by atoms with van der Waals surface area (Å²) in [7, 11) is 0. The first kappa shape index (κ1) is 24.0. The summed E-state index contributed by atoms with van der Waals surface area (Å²) in [4.78, 5) is 14.8. The Bertz CT molecular complexity index is 1110. The molecule has 2 unspecified atom stereocenters. The van der Waals surface area contributed by atoms with Crippen molar-refractivity contribution in [3.63, 3.8) is 0 Å². The normalized spacial score (nSPS) is 21.8. The fourth-order valence-corrected chi connectivity index (χ4v) is 6.49. The van der Waals surface area contributed by atoms with Crippen molar-refractivity contribution < 1.29 is 9.53 Å². The molecule has 2 heterocycles. The molecule has 0 spiro atoms. The first-order valence-corrected chi connectivity index (χ1v) is 13.8. The van der Waals surface area contributed by atoms with Crippen LogP contribution in [0.4, 0.5) is 0 Å². The van der Waals surface area contributed by atoms with Gasteiger partial charge in [0.1, 0.15) is 11.5 Å². The van der Waals surface area contributed by atoms with Crippen molar-refractivity contribution in [1.82, 2.24) is 15.1 Å². The highest BCUT2D eigenvalue weighted by Gasteiger charge is 2.46. The number of nitrogens with one attached hydrogen (secondary N) is 1. The number of rotatable bonds is 9. The van der Waals surface area contributed by atoms with Crippen LogP contribution in [0.3, 0.4) is 0 Å². The van der Waals surface area contributed by atoms with Crippen molar-refractivity contribution in [1.29, 1.82) is 0 Å². The Labute approximate surface area is 212 Å². The fourth-order valence-electron chi connectivity index (χ4n) is 5.52. The summed E-state index contributed by atoms with van der Waals surface area (Å²) >= 11 is 1.70. The van der Waals surface area contributed by atoms with Crippen molar-refractivity contribution in [2.24, 2.45) is 5.92 Å². The molecule has 1 N–H and O–H groups in total. The molecule has 6 heteroatoms. The number of ether oxygens (including phenoxy) is 1. The Morgan fingerprint density at radius 1 is 1.14 bits per heavy atom. The second-order valence-corrected chi connectivity index (χ2v) is 10.9. The van der Waals surface area contributed by atoms with E-state index in [1.165, 1.54) is 23.3 Å². The summed E-state index contributed by atoms with van der Waals surface area (Å²) in [5.41, 5.74) is 2.95. The number of carbonyl (C=O) groups excluding carboxylic acids is 1. The van der Waals surface area contributed by atoms with Crippen LogP contribution in [-0.4, -0.2) is 28.4 Å². The van der Waals surface area contributed by atoms with Crippen molar-refractivity contribution in [2.45, 2.75) is 69.4 Å². The smallest absolute Gasteiger partial charge is 0.317 e. The van der Waals surface area contributed by atoms with E-state index >= 15 is 0 Å². The van der Waals surface area contributed by atoms with Gasteiger partial charge in [0.25, 0.3) is 0 Å². The first-order chi connectivity index (χ1) is 17.2. The Hall–Kier alpha value is -2.70. The van der Waals surface area contributed by atoms with Gasteiger partial charge in [-0.05, 0) is 49.4 Å². The van der Waals surface area contributed by atoms with Gasteiger partial charge in [0.05, 0.1) is 11.9 Å². The maximum atomic E-state index is 13.6. The number of hydrogen-bond acceptors (Lipinski definition) is 5. The van der Waals surface area contributed by atoms with E-state index in [1.807, 2.05) is 41.2 Å². The molecule has 0 saturated heterocycles. The highest BCUT2D eigenvalue weighted by molar-refractivity contribution is 7.10. The Kier molecular flexibility index (Phi) is 7.49. The number of benzene rings is 1. The molecule has 2 aromatic heterocycles. The van der Waals surface area contributed by atoms with E-state index in [9.17, 15) is 4.79 Å².